The van der Waals surface area contributed by atoms with Crippen LogP contribution < -0.4 is 5.73 Å². The standard InChI is InChI=1S/C12H9ClN2S2/c13-11-2-1-9(17-11)12(14)7-5-10-8(15-6-7)3-4-16-10/h1-6,12H,14H2. The number of hydrogen-bond donors (Lipinski definition) is 1. The number of rotatable bonds is 2. The Labute approximate surface area is 112 Å². The van der Waals surface area contributed by atoms with Crippen molar-refractivity contribution in [1.29, 1.82) is 0 Å². The fraction of sp³-hybridized carbons (Fsp3) is 0.0833. The number of hydrogen-bond acceptors (Lipinski definition) is 4. The summed E-state index contributed by atoms with van der Waals surface area (Å²) in [4.78, 5) is 5.46. The van der Waals surface area contributed by atoms with Gasteiger partial charge in [0.05, 0.1) is 20.6 Å². The number of thiophene rings is 2. The molecule has 2 nitrogen and oxygen atoms in total. The zero-order valence-corrected chi connectivity index (χ0v) is 11.1. The summed E-state index contributed by atoms with van der Waals surface area (Å²) < 4.78 is 1.93. The zero-order chi connectivity index (χ0) is 11.8. The van der Waals surface area contributed by atoms with E-state index in [1.807, 2.05) is 29.8 Å². The van der Waals surface area contributed by atoms with Gasteiger partial charge in [-0.3, -0.25) is 4.98 Å². The Morgan fingerprint density at radius 1 is 1.29 bits per heavy atom. The summed E-state index contributed by atoms with van der Waals surface area (Å²) >= 11 is 9.11. The topological polar surface area (TPSA) is 38.9 Å². The van der Waals surface area contributed by atoms with Crippen molar-refractivity contribution in [3.63, 3.8) is 0 Å². The zero-order valence-electron chi connectivity index (χ0n) is 8.76. The number of nitrogens with two attached hydrogens (primary N) is 1. The smallest absolute Gasteiger partial charge is 0.0931 e. The summed E-state index contributed by atoms with van der Waals surface area (Å²) in [5.41, 5.74) is 8.26. The molecule has 5 heteroatoms. The van der Waals surface area contributed by atoms with Gasteiger partial charge >= 0.3 is 0 Å². The van der Waals surface area contributed by atoms with Gasteiger partial charge < -0.3 is 5.73 Å². The molecule has 0 saturated carbocycles. The molecule has 0 aliphatic heterocycles. The van der Waals surface area contributed by atoms with Crippen molar-refractivity contribution in [2.24, 2.45) is 5.73 Å². The Morgan fingerprint density at radius 3 is 2.94 bits per heavy atom. The van der Waals surface area contributed by atoms with Crippen molar-refractivity contribution in [2.75, 3.05) is 0 Å². The van der Waals surface area contributed by atoms with Crippen LogP contribution in [0.25, 0.3) is 10.2 Å². The Kier molecular flexibility index (Phi) is 2.88. The maximum absolute atomic E-state index is 6.21. The van der Waals surface area contributed by atoms with Crippen LogP contribution in [-0.4, -0.2) is 4.98 Å². The molecule has 3 rings (SSSR count). The highest BCUT2D eigenvalue weighted by Gasteiger charge is 2.12. The minimum absolute atomic E-state index is 0.147. The minimum Gasteiger partial charge on any atom is -0.320 e. The molecule has 0 aliphatic carbocycles. The third-order valence-corrected chi connectivity index (χ3v) is 4.75. The van der Waals surface area contributed by atoms with Gasteiger partial charge in [0.1, 0.15) is 0 Å². The van der Waals surface area contributed by atoms with Gasteiger partial charge in [-0.1, -0.05) is 11.6 Å². The first kappa shape index (κ1) is 11.2. The lowest BCUT2D eigenvalue weighted by Gasteiger charge is -2.09. The molecule has 3 aromatic rings. The predicted molar refractivity (Wildman–Crippen MR) is 75.0 cm³/mol. The summed E-state index contributed by atoms with van der Waals surface area (Å²) in [6, 6.07) is 7.81. The average Bonchev–Trinajstić information content (AvgIpc) is 2.95. The number of aromatic nitrogens is 1. The molecule has 0 amide bonds. The molecule has 86 valence electrons. The fourth-order valence-electron chi connectivity index (χ4n) is 1.69. The Morgan fingerprint density at radius 2 is 2.18 bits per heavy atom. The van der Waals surface area contributed by atoms with Crippen LogP contribution >= 0.6 is 34.3 Å². The highest BCUT2D eigenvalue weighted by Crippen LogP contribution is 2.30. The maximum Gasteiger partial charge on any atom is 0.0931 e. The van der Waals surface area contributed by atoms with Crippen molar-refractivity contribution < 1.29 is 0 Å². The van der Waals surface area contributed by atoms with Crippen LogP contribution in [0, 0.1) is 0 Å². The number of halogens is 1. The van der Waals surface area contributed by atoms with Crippen LogP contribution in [0.5, 0.6) is 0 Å². The van der Waals surface area contributed by atoms with Crippen molar-refractivity contribution in [3.05, 3.63) is 50.6 Å². The van der Waals surface area contributed by atoms with E-state index in [9.17, 15) is 0 Å². The first-order chi connectivity index (χ1) is 8.24. The molecule has 0 aliphatic rings. The van der Waals surface area contributed by atoms with E-state index in [1.165, 1.54) is 16.0 Å². The third-order valence-electron chi connectivity index (χ3n) is 2.58. The van der Waals surface area contributed by atoms with Crippen molar-refractivity contribution in [2.45, 2.75) is 6.04 Å². The van der Waals surface area contributed by atoms with Gasteiger partial charge in [0.2, 0.25) is 0 Å². The van der Waals surface area contributed by atoms with Crippen molar-refractivity contribution in [1.82, 2.24) is 4.98 Å². The maximum atomic E-state index is 6.21. The van der Waals surface area contributed by atoms with Gasteiger partial charge in [0, 0.05) is 11.1 Å². The molecule has 0 fully saturated rings. The molecular weight excluding hydrogens is 272 g/mol. The molecule has 17 heavy (non-hydrogen) atoms. The highest BCUT2D eigenvalue weighted by atomic mass is 35.5. The Hall–Kier alpha value is -0.940. The molecule has 2 N–H and O–H groups in total. The lowest BCUT2D eigenvalue weighted by atomic mass is 10.1. The van der Waals surface area contributed by atoms with E-state index in [1.54, 1.807) is 11.3 Å². The van der Waals surface area contributed by atoms with Gasteiger partial charge in [-0.15, -0.1) is 22.7 Å². The Bertz CT molecular complexity index is 659. The number of pyridine rings is 1. The summed E-state index contributed by atoms with van der Waals surface area (Å²) in [6.07, 6.45) is 1.84. The Balaban J connectivity index is 2.02. The summed E-state index contributed by atoms with van der Waals surface area (Å²) in [5, 5.41) is 2.04. The van der Waals surface area contributed by atoms with Crippen LogP contribution in [0.2, 0.25) is 4.34 Å². The fourth-order valence-corrected chi connectivity index (χ4v) is 3.57. The van der Waals surface area contributed by atoms with E-state index in [0.29, 0.717) is 0 Å². The van der Waals surface area contributed by atoms with Gasteiger partial charge in [0.15, 0.2) is 0 Å². The molecule has 0 aromatic carbocycles. The lowest BCUT2D eigenvalue weighted by molar-refractivity contribution is 0.889. The molecule has 0 radical (unpaired) electrons. The van der Waals surface area contributed by atoms with Crippen LogP contribution in [0.3, 0.4) is 0 Å². The normalized spacial score (nSPS) is 13.1. The molecule has 3 aromatic heterocycles. The largest absolute Gasteiger partial charge is 0.320 e. The lowest BCUT2D eigenvalue weighted by Crippen LogP contribution is -2.10. The second kappa shape index (κ2) is 4.38. The first-order valence-corrected chi connectivity index (χ1v) is 7.15. The number of fused-ring (bicyclic) bond motifs is 1. The molecule has 1 unspecified atom stereocenters. The van der Waals surface area contributed by atoms with Crippen molar-refractivity contribution in [3.8, 4) is 0 Å². The van der Waals surface area contributed by atoms with Gasteiger partial charge in [0.25, 0.3) is 0 Å². The second-order valence-electron chi connectivity index (χ2n) is 3.69. The second-order valence-corrected chi connectivity index (χ2v) is 6.39. The van der Waals surface area contributed by atoms with E-state index >= 15 is 0 Å². The van der Waals surface area contributed by atoms with E-state index in [0.717, 1.165) is 20.3 Å². The summed E-state index contributed by atoms with van der Waals surface area (Å²) in [5.74, 6) is 0. The van der Waals surface area contributed by atoms with E-state index in [4.69, 9.17) is 17.3 Å². The van der Waals surface area contributed by atoms with Crippen molar-refractivity contribution >= 4 is 44.5 Å². The SMILES string of the molecule is NC(c1cnc2ccsc2c1)c1ccc(Cl)s1. The number of nitrogens with zero attached hydrogens (tertiary/aromatic N) is 1. The van der Waals surface area contributed by atoms with Crippen LogP contribution in [0.1, 0.15) is 16.5 Å². The van der Waals surface area contributed by atoms with E-state index in [-0.39, 0.29) is 6.04 Å². The van der Waals surface area contributed by atoms with Crippen LogP contribution in [-0.2, 0) is 0 Å². The molecule has 1 atom stereocenters. The summed E-state index contributed by atoms with van der Waals surface area (Å²) in [7, 11) is 0. The average molecular weight is 281 g/mol. The quantitative estimate of drug-likeness (QED) is 0.769. The van der Waals surface area contributed by atoms with Gasteiger partial charge in [-0.05, 0) is 35.2 Å². The highest BCUT2D eigenvalue weighted by molar-refractivity contribution is 7.17. The molecule has 0 bridgehead atoms. The van der Waals surface area contributed by atoms with Crippen LogP contribution in [0.4, 0.5) is 0 Å². The predicted octanol–water partition coefficient (Wildman–Crippen LogP) is 4.06. The third kappa shape index (κ3) is 2.09. The van der Waals surface area contributed by atoms with Gasteiger partial charge in [-0.25, -0.2) is 0 Å². The first-order valence-electron chi connectivity index (χ1n) is 5.08. The van der Waals surface area contributed by atoms with E-state index < -0.39 is 0 Å². The molecule has 0 saturated heterocycles. The molecule has 3 heterocycles. The minimum atomic E-state index is -0.147. The van der Waals surface area contributed by atoms with E-state index in [2.05, 4.69) is 11.1 Å². The molecular formula is C12H9ClN2S2. The van der Waals surface area contributed by atoms with Crippen LogP contribution in [0.15, 0.2) is 35.8 Å². The monoisotopic (exact) mass is 280 g/mol. The molecule has 0 spiro atoms. The summed E-state index contributed by atoms with van der Waals surface area (Å²) in [6.45, 7) is 0. The van der Waals surface area contributed by atoms with Gasteiger partial charge in [-0.2, -0.15) is 0 Å².